The van der Waals surface area contributed by atoms with Gasteiger partial charge >= 0.3 is 5.97 Å². The van der Waals surface area contributed by atoms with Crippen LogP contribution in [0.2, 0.25) is 0 Å². The van der Waals surface area contributed by atoms with Crippen molar-refractivity contribution >= 4 is 21.7 Å². The monoisotopic (exact) mass is 286 g/mol. The molecule has 0 aliphatic carbocycles. The van der Waals surface area contributed by atoms with Crippen molar-refractivity contribution in [3.8, 4) is 0 Å². The van der Waals surface area contributed by atoms with Gasteiger partial charge in [0.15, 0.2) is 0 Å². The van der Waals surface area contributed by atoms with Crippen molar-refractivity contribution in [1.29, 1.82) is 0 Å². The SMILES string of the molecule is CNS(=O)(=O)c1ccc(NCC(C)(C)C(=O)O)cc1. The summed E-state index contributed by atoms with van der Waals surface area (Å²) in [5, 5.41) is 11.9. The third kappa shape index (κ3) is 3.93. The summed E-state index contributed by atoms with van der Waals surface area (Å²) in [6, 6.07) is 6.12. The fourth-order valence-electron chi connectivity index (χ4n) is 1.27. The van der Waals surface area contributed by atoms with Crippen LogP contribution in [0.1, 0.15) is 13.8 Å². The summed E-state index contributed by atoms with van der Waals surface area (Å²) in [5.41, 5.74) is -0.222. The summed E-state index contributed by atoms with van der Waals surface area (Å²) < 4.78 is 25.2. The van der Waals surface area contributed by atoms with E-state index in [1.54, 1.807) is 26.0 Å². The highest BCUT2D eigenvalue weighted by atomic mass is 32.2. The number of hydrogen-bond acceptors (Lipinski definition) is 4. The van der Waals surface area contributed by atoms with Gasteiger partial charge in [-0.05, 0) is 45.2 Å². The van der Waals surface area contributed by atoms with Gasteiger partial charge in [-0.1, -0.05) is 0 Å². The van der Waals surface area contributed by atoms with E-state index in [0.29, 0.717) is 5.69 Å². The van der Waals surface area contributed by atoms with Crippen LogP contribution in [0.15, 0.2) is 29.2 Å². The second-order valence-electron chi connectivity index (χ2n) is 4.77. The van der Waals surface area contributed by atoms with Gasteiger partial charge in [-0.15, -0.1) is 0 Å². The molecule has 106 valence electrons. The minimum Gasteiger partial charge on any atom is -0.481 e. The number of carboxylic acid groups (broad SMARTS) is 1. The van der Waals surface area contributed by atoms with E-state index in [0.717, 1.165) is 0 Å². The lowest BCUT2D eigenvalue weighted by Gasteiger charge is -2.20. The number of sulfonamides is 1. The van der Waals surface area contributed by atoms with Crippen molar-refractivity contribution in [2.24, 2.45) is 5.41 Å². The van der Waals surface area contributed by atoms with Gasteiger partial charge in [0.05, 0.1) is 10.3 Å². The van der Waals surface area contributed by atoms with E-state index in [1.807, 2.05) is 0 Å². The maximum Gasteiger partial charge on any atom is 0.310 e. The van der Waals surface area contributed by atoms with Crippen molar-refractivity contribution < 1.29 is 18.3 Å². The van der Waals surface area contributed by atoms with Crippen LogP contribution in [0.3, 0.4) is 0 Å². The molecule has 0 spiro atoms. The maximum atomic E-state index is 11.5. The Hall–Kier alpha value is -1.60. The second kappa shape index (κ2) is 5.58. The highest BCUT2D eigenvalue weighted by molar-refractivity contribution is 7.89. The normalized spacial score (nSPS) is 12.2. The molecule has 1 aromatic carbocycles. The molecule has 7 heteroatoms. The number of carbonyl (C=O) groups is 1. The van der Waals surface area contributed by atoms with Gasteiger partial charge in [-0.25, -0.2) is 13.1 Å². The van der Waals surface area contributed by atoms with Crippen molar-refractivity contribution in [2.45, 2.75) is 18.7 Å². The summed E-state index contributed by atoms with van der Waals surface area (Å²) in [7, 11) is -2.10. The topological polar surface area (TPSA) is 95.5 Å². The summed E-state index contributed by atoms with van der Waals surface area (Å²) in [5.74, 6) is -0.894. The predicted molar refractivity (Wildman–Crippen MR) is 72.6 cm³/mol. The molecule has 1 aromatic rings. The van der Waals surface area contributed by atoms with Gasteiger partial charge < -0.3 is 10.4 Å². The van der Waals surface area contributed by atoms with E-state index in [1.165, 1.54) is 19.2 Å². The molecule has 0 heterocycles. The minimum atomic E-state index is -3.44. The maximum absolute atomic E-state index is 11.5. The highest BCUT2D eigenvalue weighted by Gasteiger charge is 2.26. The molecule has 0 saturated carbocycles. The summed E-state index contributed by atoms with van der Waals surface area (Å²) in [4.78, 5) is 11.1. The van der Waals surface area contributed by atoms with E-state index in [4.69, 9.17) is 5.11 Å². The molecule has 0 fully saturated rings. The molecule has 0 atom stereocenters. The van der Waals surface area contributed by atoms with E-state index in [-0.39, 0.29) is 11.4 Å². The molecular weight excluding hydrogens is 268 g/mol. The molecule has 0 aromatic heterocycles. The Morgan fingerprint density at radius 2 is 1.79 bits per heavy atom. The van der Waals surface area contributed by atoms with Crippen LogP contribution in [0.4, 0.5) is 5.69 Å². The number of aliphatic carboxylic acids is 1. The Kier molecular flexibility index (Phi) is 4.54. The van der Waals surface area contributed by atoms with Crippen molar-refractivity contribution in [1.82, 2.24) is 4.72 Å². The van der Waals surface area contributed by atoms with Crippen LogP contribution in [0.5, 0.6) is 0 Å². The van der Waals surface area contributed by atoms with E-state index < -0.39 is 21.4 Å². The Balaban J connectivity index is 2.77. The Bertz CT molecular complexity index is 550. The third-order valence-electron chi connectivity index (χ3n) is 2.75. The number of anilines is 1. The lowest BCUT2D eigenvalue weighted by atomic mass is 9.94. The number of nitrogens with one attached hydrogen (secondary N) is 2. The first kappa shape index (κ1) is 15.5. The van der Waals surface area contributed by atoms with Crippen molar-refractivity contribution in [3.63, 3.8) is 0 Å². The van der Waals surface area contributed by atoms with Crippen LogP contribution >= 0.6 is 0 Å². The fourth-order valence-corrected chi connectivity index (χ4v) is 2.00. The van der Waals surface area contributed by atoms with Crippen LogP contribution in [-0.2, 0) is 14.8 Å². The first-order valence-electron chi connectivity index (χ1n) is 5.70. The Morgan fingerprint density at radius 1 is 1.26 bits per heavy atom. The molecule has 0 radical (unpaired) electrons. The minimum absolute atomic E-state index is 0.165. The molecule has 0 aliphatic heterocycles. The Morgan fingerprint density at radius 3 is 2.21 bits per heavy atom. The summed E-state index contributed by atoms with van der Waals surface area (Å²) >= 11 is 0. The first-order chi connectivity index (χ1) is 8.69. The standard InChI is InChI=1S/C12H18N2O4S/c1-12(2,11(15)16)8-14-9-4-6-10(7-5-9)19(17,18)13-3/h4-7,13-14H,8H2,1-3H3,(H,15,16). The molecule has 1 rings (SSSR count). The lowest BCUT2D eigenvalue weighted by Crippen LogP contribution is -2.31. The molecule has 0 saturated heterocycles. The van der Waals surface area contributed by atoms with E-state index >= 15 is 0 Å². The van der Waals surface area contributed by atoms with Gasteiger partial charge in [0, 0.05) is 12.2 Å². The average Bonchev–Trinajstić information content (AvgIpc) is 2.37. The number of carboxylic acids is 1. The average molecular weight is 286 g/mol. The molecule has 0 amide bonds. The van der Waals surface area contributed by atoms with Gasteiger partial charge in [0.25, 0.3) is 0 Å². The zero-order valence-corrected chi connectivity index (χ0v) is 11.9. The first-order valence-corrected chi connectivity index (χ1v) is 7.18. The molecule has 0 aliphatic rings. The van der Waals surface area contributed by atoms with Gasteiger partial charge in [0.2, 0.25) is 10.0 Å². The molecular formula is C12H18N2O4S. The zero-order chi connectivity index (χ0) is 14.7. The quantitative estimate of drug-likeness (QED) is 0.728. The molecule has 19 heavy (non-hydrogen) atoms. The highest BCUT2D eigenvalue weighted by Crippen LogP contribution is 2.18. The van der Waals surface area contributed by atoms with Gasteiger partial charge in [-0.3, -0.25) is 4.79 Å². The Labute approximate surface area is 112 Å². The summed E-state index contributed by atoms with van der Waals surface area (Å²) in [6.07, 6.45) is 0. The largest absolute Gasteiger partial charge is 0.481 e. The second-order valence-corrected chi connectivity index (χ2v) is 6.66. The van der Waals surface area contributed by atoms with Crippen LogP contribution in [0.25, 0.3) is 0 Å². The third-order valence-corrected chi connectivity index (χ3v) is 4.18. The van der Waals surface area contributed by atoms with E-state index in [9.17, 15) is 13.2 Å². The number of benzene rings is 1. The molecule has 0 bridgehead atoms. The fraction of sp³-hybridized carbons (Fsp3) is 0.417. The summed E-state index contributed by atoms with van der Waals surface area (Å²) in [6.45, 7) is 3.48. The number of hydrogen-bond donors (Lipinski definition) is 3. The molecule has 6 nitrogen and oxygen atoms in total. The molecule has 0 unspecified atom stereocenters. The molecule has 3 N–H and O–H groups in total. The van der Waals surface area contributed by atoms with Gasteiger partial charge in [-0.2, -0.15) is 0 Å². The lowest BCUT2D eigenvalue weighted by molar-refractivity contribution is -0.146. The van der Waals surface area contributed by atoms with Crippen molar-refractivity contribution in [2.75, 3.05) is 18.9 Å². The number of rotatable bonds is 6. The van der Waals surface area contributed by atoms with Crippen molar-refractivity contribution in [3.05, 3.63) is 24.3 Å². The zero-order valence-electron chi connectivity index (χ0n) is 11.1. The van der Waals surface area contributed by atoms with E-state index in [2.05, 4.69) is 10.0 Å². The van der Waals surface area contributed by atoms with Gasteiger partial charge in [0.1, 0.15) is 0 Å². The van der Waals surface area contributed by atoms with Crippen LogP contribution < -0.4 is 10.0 Å². The predicted octanol–water partition coefficient (Wildman–Crippen LogP) is 1.12. The smallest absolute Gasteiger partial charge is 0.310 e. The van der Waals surface area contributed by atoms with Crippen LogP contribution in [-0.4, -0.2) is 33.1 Å². The van der Waals surface area contributed by atoms with Crippen LogP contribution in [0, 0.1) is 5.41 Å².